The van der Waals surface area contributed by atoms with Gasteiger partial charge in [0, 0.05) is 30.4 Å². The van der Waals surface area contributed by atoms with Crippen molar-refractivity contribution in [2.45, 2.75) is 38.8 Å². The Kier molecular flexibility index (Phi) is 4.10. The SMILES string of the molecule is CCC1(C)CN(c2ccc(Cl)c(Cl)c2)C(C)CN1. The lowest BCUT2D eigenvalue weighted by Crippen LogP contribution is -2.62. The summed E-state index contributed by atoms with van der Waals surface area (Å²) in [6.07, 6.45) is 1.11. The van der Waals surface area contributed by atoms with Crippen molar-refractivity contribution in [1.29, 1.82) is 0 Å². The van der Waals surface area contributed by atoms with Crippen LogP contribution in [0.25, 0.3) is 0 Å². The van der Waals surface area contributed by atoms with Gasteiger partial charge in [0.05, 0.1) is 10.0 Å². The molecule has 0 radical (unpaired) electrons. The molecule has 2 rings (SSSR count). The average Bonchev–Trinajstić information content (AvgIpc) is 2.36. The first-order valence-electron chi connectivity index (χ1n) is 6.42. The smallest absolute Gasteiger partial charge is 0.0612 e. The van der Waals surface area contributed by atoms with Crippen molar-refractivity contribution in [3.05, 3.63) is 28.2 Å². The maximum absolute atomic E-state index is 6.11. The predicted molar refractivity (Wildman–Crippen MR) is 80.0 cm³/mol. The molecule has 1 aromatic carbocycles. The predicted octanol–water partition coefficient (Wildman–Crippen LogP) is 3.96. The molecule has 2 nitrogen and oxygen atoms in total. The zero-order chi connectivity index (χ0) is 13.3. The maximum Gasteiger partial charge on any atom is 0.0612 e. The van der Waals surface area contributed by atoms with Crippen molar-refractivity contribution in [1.82, 2.24) is 5.32 Å². The van der Waals surface area contributed by atoms with E-state index in [4.69, 9.17) is 23.2 Å². The van der Waals surface area contributed by atoms with Crippen molar-refractivity contribution in [2.24, 2.45) is 0 Å². The minimum atomic E-state index is 0.165. The van der Waals surface area contributed by atoms with Crippen LogP contribution in [-0.2, 0) is 0 Å². The quantitative estimate of drug-likeness (QED) is 0.885. The van der Waals surface area contributed by atoms with Crippen molar-refractivity contribution >= 4 is 28.9 Å². The zero-order valence-corrected chi connectivity index (χ0v) is 12.6. The molecule has 18 heavy (non-hydrogen) atoms. The van der Waals surface area contributed by atoms with Gasteiger partial charge in [0.1, 0.15) is 0 Å². The van der Waals surface area contributed by atoms with Crippen LogP contribution in [0.1, 0.15) is 27.2 Å². The number of nitrogens with one attached hydrogen (secondary N) is 1. The fourth-order valence-corrected chi connectivity index (χ4v) is 2.63. The summed E-state index contributed by atoms with van der Waals surface area (Å²) in [5.74, 6) is 0. The summed E-state index contributed by atoms with van der Waals surface area (Å²) in [6, 6.07) is 6.34. The van der Waals surface area contributed by atoms with E-state index in [-0.39, 0.29) is 5.54 Å². The molecule has 0 aliphatic carbocycles. The van der Waals surface area contributed by atoms with Gasteiger partial charge in [-0.3, -0.25) is 0 Å². The molecule has 1 aromatic rings. The third kappa shape index (κ3) is 2.76. The molecule has 1 saturated heterocycles. The van der Waals surface area contributed by atoms with Crippen LogP contribution in [0.4, 0.5) is 5.69 Å². The molecule has 2 unspecified atom stereocenters. The number of halogens is 2. The highest BCUT2D eigenvalue weighted by atomic mass is 35.5. The second-order valence-corrected chi connectivity index (χ2v) is 6.18. The van der Waals surface area contributed by atoms with Crippen LogP contribution >= 0.6 is 23.2 Å². The van der Waals surface area contributed by atoms with Crippen molar-refractivity contribution in [2.75, 3.05) is 18.0 Å². The molecule has 0 saturated carbocycles. The fraction of sp³-hybridized carbons (Fsp3) is 0.571. The first kappa shape index (κ1) is 14.0. The average molecular weight is 287 g/mol. The lowest BCUT2D eigenvalue weighted by Gasteiger charge is -2.46. The zero-order valence-electron chi connectivity index (χ0n) is 11.1. The Labute approximate surface area is 119 Å². The van der Waals surface area contributed by atoms with Gasteiger partial charge in [-0.25, -0.2) is 0 Å². The van der Waals surface area contributed by atoms with Crippen LogP contribution < -0.4 is 10.2 Å². The van der Waals surface area contributed by atoms with Crippen LogP contribution in [0.15, 0.2) is 18.2 Å². The van der Waals surface area contributed by atoms with E-state index in [1.807, 2.05) is 18.2 Å². The van der Waals surface area contributed by atoms with Crippen molar-refractivity contribution < 1.29 is 0 Å². The molecule has 0 spiro atoms. The number of hydrogen-bond acceptors (Lipinski definition) is 2. The Morgan fingerprint density at radius 3 is 2.72 bits per heavy atom. The van der Waals surface area contributed by atoms with E-state index in [1.54, 1.807) is 0 Å². The number of rotatable bonds is 2. The van der Waals surface area contributed by atoms with Gasteiger partial charge in [-0.05, 0) is 38.5 Å². The lowest BCUT2D eigenvalue weighted by molar-refractivity contribution is 0.285. The molecule has 4 heteroatoms. The lowest BCUT2D eigenvalue weighted by atomic mass is 9.93. The van der Waals surface area contributed by atoms with E-state index < -0.39 is 0 Å². The van der Waals surface area contributed by atoms with Crippen molar-refractivity contribution in [3.8, 4) is 0 Å². The third-order valence-electron chi connectivity index (χ3n) is 3.89. The Morgan fingerprint density at radius 2 is 2.11 bits per heavy atom. The maximum atomic E-state index is 6.11. The van der Waals surface area contributed by atoms with Crippen LogP contribution in [0.2, 0.25) is 10.0 Å². The topological polar surface area (TPSA) is 15.3 Å². The normalized spacial score (nSPS) is 28.5. The van der Waals surface area contributed by atoms with E-state index in [0.29, 0.717) is 16.1 Å². The molecular formula is C14H20Cl2N2. The van der Waals surface area contributed by atoms with Gasteiger partial charge in [-0.15, -0.1) is 0 Å². The molecular weight excluding hydrogens is 267 g/mol. The Hall–Kier alpha value is -0.440. The van der Waals surface area contributed by atoms with Crippen LogP contribution in [0.3, 0.4) is 0 Å². The molecule has 1 aliphatic rings. The first-order valence-corrected chi connectivity index (χ1v) is 7.17. The highest BCUT2D eigenvalue weighted by Gasteiger charge is 2.32. The number of anilines is 1. The summed E-state index contributed by atoms with van der Waals surface area (Å²) in [6.45, 7) is 8.69. The number of hydrogen-bond donors (Lipinski definition) is 1. The Bertz CT molecular complexity index is 436. The van der Waals surface area contributed by atoms with Gasteiger partial charge < -0.3 is 10.2 Å². The summed E-state index contributed by atoms with van der Waals surface area (Å²) < 4.78 is 0. The monoisotopic (exact) mass is 286 g/mol. The van der Waals surface area contributed by atoms with Gasteiger partial charge in [0.2, 0.25) is 0 Å². The van der Waals surface area contributed by atoms with Crippen LogP contribution in [0.5, 0.6) is 0 Å². The largest absolute Gasteiger partial charge is 0.366 e. The highest BCUT2D eigenvalue weighted by molar-refractivity contribution is 6.42. The van der Waals surface area contributed by atoms with Gasteiger partial charge in [-0.2, -0.15) is 0 Å². The molecule has 100 valence electrons. The van der Waals surface area contributed by atoms with Gasteiger partial charge in [-0.1, -0.05) is 30.1 Å². The third-order valence-corrected chi connectivity index (χ3v) is 4.63. The number of piperazine rings is 1. The summed E-state index contributed by atoms with van der Waals surface area (Å²) in [5, 5.41) is 4.86. The molecule has 1 heterocycles. The van der Waals surface area contributed by atoms with Gasteiger partial charge in [0.15, 0.2) is 0 Å². The van der Waals surface area contributed by atoms with Crippen molar-refractivity contribution in [3.63, 3.8) is 0 Å². The van der Waals surface area contributed by atoms with Crippen LogP contribution in [0, 0.1) is 0 Å². The molecule has 0 bridgehead atoms. The van der Waals surface area contributed by atoms with Crippen LogP contribution in [-0.4, -0.2) is 24.7 Å². The minimum Gasteiger partial charge on any atom is -0.366 e. The van der Waals surface area contributed by atoms with E-state index in [0.717, 1.165) is 25.2 Å². The molecule has 2 atom stereocenters. The number of benzene rings is 1. The molecule has 0 amide bonds. The first-order chi connectivity index (χ1) is 8.45. The second kappa shape index (κ2) is 5.28. The van der Waals surface area contributed by atoms with E-state index in [1.165, 1.54) is 0 Å². The van der Waals surface area contributed by atoms with Gasteiger partial charge >= 0.3 is 0 Å². The fourth-order valence-electron chi connectivity index (χ4n) is 2.34. The summed E-state index contributed by atoms with van der Waals surface area (Å²) in [7, 11) is 0. The van der Waals surface area contributed by atoms with E-state index in [2.05, 4.69) is 31.0 Å². The second-order valence-electron chi connectivity index (χ2n) is 5.37. The van der Waals surface area contributed by atoms with E-state index >= 15 is 0 Å². The molecule has 1 aliphatic heterocycles. The van der Waals surface area contributed by atoms with E-state index in [9.17, 15) is 0 Å². The molecule has 1 fully saturated rings. The summed E-state index contributed by atoms with van der Waals surface area (Å²) >= 11 is 12.1. The van der Waals surface area contributed by atoms with Gasteiger partial charge in [0.25, 0.3) is 0 Å². The molecule has 1 N–H and O–H groups in total. The summed E-state index contributed by atoms with van der Waals surface area (Å²) in [5.41, 5.74) is 1.32. The summed E-state index contributed by atoms with van der Waals surface area (Å²) in [4.78, 5) is 2.40. The minimum absolute atomic E-state index is 0.165. The Morgan fingerprint density at radius 1 is 1.39 bits per heavy atom. The Balaban J connectivity index is 2.27. The highest BCUT2D eigenvalue weighted by Crippen LogP contribution is 2.30. The molecule has 0 aromatic heterocycles. The number of nitrogens with zero attached hydrogens (tertiary/aromatic N) is 1. The standard InChI is InChI=1S/C14H20Cl2N2/c1-4-14(3)9-18(10(2)8-17-14)11-5-6-12(15)13(16)7-11/h5-7,10,17H,4,8-9H2,1-3H3.